The Morgan fingerprint density at radius 1 is 1.47 bits per heavy atom. The highest BCUT2D eigenvalue weighted by atomic mass is 35.5. The summed E-state index contributed by atoms with van der Waals surface area (Å²) in [5.41, 5.74) is 0.833. The van der Waals surface area contributed by atoms with Gasteiger partial charge < -0.3 is 9.64 Å². The monoisotopic (exact) mass is 296 g/mol. The largest absolute Gasteiger partial charge is 0.383 e. The van der Waals surface area contributed by atoms with E-state index in [1.807, 2.05) is 16.3 Å². The average Bonchev–Trinajstić information content (AvgIpc) is 2.86. The third-order valence-electron chi connectivity index (χ3n) is 2.62. The number of thiophene rings is 1. The van der Waals surface area contributed by atoms with E-state index in [1.54, 1.807) is 18.4 Å². The quantitative estimate of drug-likeness (QED) is 0.767. The summed E-state index contributed by atoms with van der Waals surface area (Å²) >= 11 is 7.52. The molecule has 2 aromatic rings. The van der Waals surface area contributed by atoms with Crippen LogP contribution in [0.3, 0.4) is 0 Å². The molecule has 0 fully saturated rings. The summed E-state index contributed by atoms with van der Waals surface area (Å²) in [7, 11) is 1.65. The van der Waals surface area contributed by atoms with Crippen LogP contribution in [0.25, 0.3) is 10.2 Å². The molecule has 0 aromatic carbocycles. The van der Waals surface area contributed by atoms with Gasteiger partial charge in [-0.15, -0.1) is 11.3 Å². The molecule has 0 bridgehead atoms. The fourth-order valence-corrected chi connectivity index (χ4v) is 2.76. The van der Waals surface area contributed by atoms with Gasteiger partial charge in [-0.2, -0.15) is 10.2 Å². The number of nitrogens with zero attached hydrogens (tertiary/aromatic N) is 4. The normalized spacial score (nSPS) is 10.6. The molecule has 19 heavy (non-hydrogen) atoms. The molecule has 5 nitrogen and oxygen atoms in total. The van der Waals surface area contributed by atoms with Crippen LogP contribution in [0.4, 0.5) is 5.82 Å². The first-order valence-corrected chi connectivity index (χ1v) is 7.03. The SMILES string of the molecule is COCCN(CCC#N)c1nc(Cl)nc2ccsc12. The lowest BCUT2D eigenvalue weighted by Crippen LogP contribution is -2.29. The van der Waals surface area contributed by atoms with Crippen LogP contribution in [0.5, 0.6) is 0 Å². The van der Waals surface area contributed by atoms with E-state index in [2.05, 4.69) is 16.0 Å². The molecule has 2 aromatic heterocycles. The molecular weight excluding hydrogens is 284 g/mol. The molecule has 0 spiro atoms. The topological polar surface area (TPSA) is 62.0 Å². The lowest BCUT2D eigenvalue weighted by molar-refractivity contribution is 0.205. The molecule has 0 aliphatic rings. The second-order valence-corrected chi connectivity index (χ2v) is 5.09. The third-order valence-corrected chi connectivity index (χ3v) is 3.69. The maximum Gasteiger partial charge on any atom is 0.224 e. The highest BCUT2D eigenvalue weighted by Gasteiger charge is 2.15. The van der Waals surface area contributed by atoms with E-state index in [0.29, 0.717) is 26.1 Å². The predicted octanol–water partition coefficient (Wildman–Crippen LogP) is 2.71. The molecule has 0 amide bonds. The van der Waals surface area contributed by atoms with Crippen molar-refractivity contribution < 1.29 is 4.74 Å². The molecule has 2 heterocycles. The van der Waals surface area contributed by atoms with E-state index in [4.69, 9.17) is 21.6 Å². The van der Waals surface area contributed by atoms with Gasteiger partial charge in [-0.3, -0.25) is 0 Å². The van der Waals surface area contributed by atoms with E-state index in [0.717, 1.165) is 16.0 Å². The Morgan fingerprint density at radius 2 is 2.32 bits per heavy atom. The number of hydrogen-bond acceptors (Lipinski definition) is 6. The maximum absolute atomic E-state index is 8.75. The van der Waals surface area contributed by atoms with E-state index < -0.39 is 0 Å². The van der Waals surface area contributed by atoms with Crippen molar-refractivity contribution in [2.24, 2.45) is 0 Å². The molecule has 0 unspecified atom stereocenters. The molecule has 0 saturated heterocycles. The van der Waals surface area contributed by atoms with E-state index >= 15 is 0 Å². The number of aromatic nitrogens is 2. The summed E-state index contributed by atoms with van der Waals surface area (Å²) in [6, 6.07) is 4.06. The standard InChI is InChI=1S/C12H13ClN4OS/c1-18-7-6-17(5-2-4-14)11-10-9(3-8-19-10)15-12(13)16-11/h3,8H,2,5-7H2,1H3. The van der Waals surface area contributed by atoms with Crippen LogP contribution in [-0.4, -0.2) is 36.8 Å². The van der Waals surface area contributed by atoms with Crippen LogP contribution in [0.15, 0.2) is 11.4 Å². The van der Waals surface area contributed by atoms with Crippen LogP contribution in [0, 0.1) is 11.3 Å². The van der Waals surface area contributed by atoms with Crippen molar-refractivity contribution in [3.63, 3.8) is 0 Å². The number of hydrogen-bond donors (Lipinski definition) is 0. The Balaban J connectivity index is 2.36. The predicted molar refractivity (Wildman–Crippen MR) is 76.7 cm³/mol. The third kappa shape index (κ3) is 3.32. The molecule has 100 valence electrons. The molecule has 0 saturated carbocycles. The van der Waals surface area contributed by atoms with Crippen LogP contribution < -0.4 is 4.90 Å². The molecular formula is C12H13ClN4OS. The minimum Gasteiger partial charge on any atom is -0.383 e. The number of rotatable bonds is 6. The Morgan fingerprint density at radius 3 is 3.05 bits per heavy atom. The number of nitriles is 1. The number of anilines is 1. The lowest BCUT2D eigenvalue weighted by Gasteiger charge is -2.22. The van der Waals surface area contributed by atoms with Gasteiger partial charge in [0.15, 0.2) is 5.82 Å². The molecule has 0 N–H and O–H groups in total. The van der Waals surface area contributed by atoms with Gasteiger partial charge in [0.1, 0.15) is 0 Å². The first kappa shape index (κ1) is 14.0. The Kier molecular flexibility index (Phi) is 4.91. The van der Waals surface area contributed by atoms with E-state index in [-0.39, 0.29) is 5.28 Å². The van der Waals surface area contributed by atoms with Gasteiger partial charge in [0.25, 0.3) is 0 Å². The molecule has 0 aliphatic heterocycles. The summed E-state index contributed by atoms with van der Waals surface area (Å²) in [5, 5.41) is 10.9. The van der Waals surface area contributed by atoms with Crippen molar-refractivity contribution in [2.45, 2.75) is 6.42 Å². The summed E-state index contributed by atoms with van der Waals surface area (Å²) in [5.74, 6) is 0.775. The van der Waals surface area contributed by atoms with Crippen molar-refractivity contribution in [1.29, 1.82) is 5.26 Å². The first-order valence-electron chi connectivity index (χ1n) is 5.78. The van der Waals surface area contributed by atoms with Gasteiger partial charge in [0.2, 0.25) is 5.28 Å². The van der Waals surface area contributed by atoms with Crippen molar-refractivity contribution >= 4 is 39.0 Å². The van der Waals surface area contributed by atoms with Gasteiger partial charge in [-0.25, -0.2) is 4.98 Å². The Bertz CT molecular complexity index is 595. The summed E-state index contributed by atoms with van der Waals surface area (Å²) in [6.07, 6.45) is 0.429. The van der Waals surface area contributed by atoms with Crippen molar-refractivity contribution in [3.8, 4) is 6.07 Å². The number of halogens is 1. The summed E-state index contributed by atoms with van der Waals surface area (Å²) in [6.45, 7) is 1.83. The Hall–Kier alpha value is -1.42. The van der Waals surface area contributed by atoms with E-state index in [9.17, 15) is 0 Å². The highest BCUT2D eigenvalue weighted by molar-refractivity contribution is 7.17. The fraction of sp³-hybridized carbons (Fsp3) is 0.417. The zero-order valence-electron chi connectivity index (χ0n) is 10.5. The van der Waals surface area contributed by atoms with Crippen molar-refractivity contribution in [2.75, 3.05) is 31.7 Å². The van der Waals surface area contributed by atoms with Gasteiger partial charge in [0, 0.05) is 20.2 Å². The van der Waals surface area contributed by atoms with Crippen LogP contribution in [-0.2, 0) is 4.74 Å². The second kappa shape index (κ2) is 6.66. The van der Waals surface area contributed by atoms with Crippen molar-refractivity contribution in [1.82, 2.24) is 9.97 Å². The maximum atomic E-state index is 8.75. The molecule has 0 aliphatic carbocycles. The number of methoxy groups -OCH3 is 1. The van der Waals surface area contributed by atoms with Gasteiger partial charge in [-0.05, 0) is 23.0 Å². The van der Waals surface area contributed by atoms with Gasteiger partial charge in [0.05, 0.1) is 29.3 Å². The van der Waals surface area contributed by atoms with Crippen LogP contribution in [0.2, 0.25) is 5.28 Å². The number of ether oxygens (including phenoxy) is 1. The van der Waals surface area contributed by atoms with E-state index in [1.165, 1.54) is 0 Å². The molecule has 7 heteroatoms. The van der Waals surface area contributed by atoms with Crippen molar-refractivity contribution in [3.05, 3.63) is 16.7 Å². The smallest absolute Gasteiger partial charge is 0.224 e. The number of fused-ring (bicyclic) bond motifs is 1. The minimum absolute atomic E-state index is 0.222. The molecule has 2 rings (SSSR count). The molecule has 0 atom stereocenters. The van der Waals surface area contributed by atoms with Gasteiger partial charge in [-0.1, -0.05) is 0 Å². The lowest BCUT2D eigenvalue weighted by atomic mass is 10.3. The average molecular weight is 297 g/mol. The van der Waals surface area contributed by atoms with Crippen LogP contribution in [0.1, 0.15) is 6.42 Å². The second-order valence-electron chi connectivity index (χ2n) is 3.84. The zero-order chi connectivity index (χ0) is 13.7. The van der Waals surface area contributed by atoms with Gasteiger partial charge >= 0.3 is 0 Å². The zero-order valence-corrected chi connectivity index (χ0v) is 12.0. The Labute approximate surface area is 120 Å². The molecule has 0 radical (unpaired) electrons. The van der Waals surface area contributed by atoms with Crippen LogP contribution >= 0.6 is 22.9 Å². The fourth-order valence-electron chi connectivity index (χ4n) is 1.74. The highest BCUT2D eigenvalue weighted by Crippen LogP contribution is 2.29. The minimum atomic E-state index is 0.222. The summed E-state index contributed by atoms with van der Waals surface area (Å²) < 4.78 is 6.08. The summed E-state index contributed by atoms with van der Waals surface area (Å²) in [4.78, 5) is 10.5. The first-order chi connectivity index (χ1) is 9.26.